The second kappa shape index (κ2) is 5.88. The van der Waals surface area contributed by atoms with Gasteiger partial charge in [-0.3, -0.25) is 4.98 Å². The van der Waals surface area contributed by atoms with Crippen molar-refractivity contribution in [2.45, 2.75) is 45.2 Å². The minimum atomic E-state index is 0.331. The summed E-state index contributed by atoms with van der Waals surface area (Å²) in [5.41, 5.74) is 2.01. The van der Waals surface area contributed by atoms with Crippen LogP contribution in [-0.2, 0) is 11.3 Å². The molecular weight excluding hydrogens is 240 g/mol. The molecule has 0 atom stereocenters. The van der Waals surface area contributed by atoms with Gasteiger partial charge in [0.15, 0.2) is 6.79 Å². The van der Waals surface area contributed by atoms with Gasteiger partial charge in [0.25, 0.3) is 0 Å². The first-order valence-electron chi connectivity index (χ1n) is 7.22. The summed E-state index contributed by atoms with van der Waals surface area (Å²) in [4.78, 5) is 4.56. The summed E-state index contributed by atoms with van der Waals surface area (Å²) in [5, 5.41) is 3.48. The van der Waals surface area contributed by atoms with Gasteiger partial charge >= 0.3 is 0 Å². The van der Waals surface area contributed by atoms with Crippen LogP contribution in [0, 0.1) is 12.8 Å². The summed E-state index contributed by atoms with van der Waals surface area (Å²) in [6.45, 7) is 3.95. The molecule has 0 aliphatic heterocycles. The third-order valence-electron chi connectivity index (χ3n) is 3.56. The average molecular weight is 262 g/mol. The number of hydrogen-bond donors (Lipinski definition) is 1. The maximum Gasteiger partial charge on any atom is 0.189 e. The molecule has 1 heterocycles. The van der Waals surface area contributed by atoms with Crippen molar-refractivity contribution in [2.24, 2.45) is 5.92 Å². The van der Waals surface area contributed by atoms with Crippen molar-refractivity contribution in [2.75, 3.05) is 13.4 Å². The Kier molecular flexibility index (Phi) is 3.99. The first-order valence-corrected chi connectivity index (χ1v) is 7.22. The smallest absolute Gasteiger partial charge is 0.189 e. The van der Waals surface area contributed by atoms with Crippen LogP contribution in [0.3, 0.4) is 0 Å². The lowest BCUT2D eigenvalue weighted by Gasteiger charge is -2.12. The van der Waals surface area contributed by atoms with E-state index in [2.05, 4.69) is 10.3 Å². The normalized spacial score (nSPS) is 18.6. The van der Waals surface area contributed by atoms with Crippen LogP contribution in [0.25, 0.3) is 0 Å². The van der Waals surface area contributed by atoms with Gasteiger partial charge in [0.2, 0.25) is 0 Å². The lowest BCUT2D eigenvalue weighted by Crippen LogP contribution is -2.18. The topological polar surface area (TPSA) is 43.4 Å². The van der Waals surface area contributed by atoms with E-state index in [4.69, 9.17) is 9.47 Å². The van der Waals surface area contributed by atoms with Crippen LogP contribution < -0.4 is 10.1 Å². The largest absolute Gasteiger partial charge is 0.466 e. The van der Waals surface area contributed by atoms with Gasteiger partial charge in [-0.2, -0.15) is 0 Å². The minimum Gasteiger partial charge on any atom is -0.466 e. The molecule has 3 rings (SSSR count). The maximum atomic E-state index is 5.70. The molecule has 0 saturated heterocycles. The molecule has 0 bridgehead atoms. The summed E-state index contributed by atoms with van der Waals surface area (Å²) in [6, 6.07) is 4.66. The van der Waals surface area contributed by atoms with Crippen LogP contribution in [0.5, 0.6) is 5.75 Å². The van der Waals surface area contributed by atoms with E-state index in [9.17, 15) is 0 Å². The average Bonchev–Trinajstić information content (AvgIpc) is 3.27. The molecule has 2 aliphatic carbocycles. The number of nitrogens with zero attached hydrogens (tertiary/aromatic N) is 1. The second-order valence-corrected chi connectivity index (χ2v) is 5.63. The van der Waals surface area contributed by atoms with Gasteiger partial charge < -0.3 is 14.8 Å². The predicted molar refractivity (Wildman–Crippen MR) is 73.0 cm³/mol. The molecule has 1 aromatic heterocycles. The Labute approximate surface area is 114 Å². The van der Waals surface area contributed by atoms with Crippen molar-refractivity contribution in [1.29, 1.82) is 0 Å². The fourth-order valence-corrected chi connectivity index (χ4v) is 1.99. The Morgan fingerprint density at radius 1 is 1.26 bits per heavy atom. The Morgan fingerprint density at radius 3 is 2.84 bits per heavy atom. The fraction of sp³-hybridized carbons (Fsp3) is 0.667. The lowest BCUT2D eigenvalue weighted by atomic mass is 10.3. The summed E-state index contributed by atoms with van der Waals surface area (Å²) in [5.74, 6) is 1.62. The number of ether oxygens (including phenoxy) is 2. The van der Waals surface area contributed by atoms with Gasteiger partial charge in [-0.15, -0.1) is 0 Å². The van der Waals surface area contributed by atoms with Crippen LogP contribution in [0.1, 0.15) is 37.1 Å². The molecule has 1 aromatic rings. The monoisotopic (exact) mass is 262 g/mol. The van der Waals surface area contributed by atoms with E-state index in [1.54, 1.807) is 0 Å². The van der Waals surface area contributed by atoms with E-state index in [1.807, 2.05) is 19.1 Å². The number of pyridine rings is 1. The number of aromatic nitrogens is 1. The van der Waals surface area contributed by atoms with Gasteiger partial charge in [0, 0.05) is 18.3 Å². The zero-order valence-electron chi connectivity index (χ0n) is 11.5. The summed E-state index contributed by atoms with van der Waals surface area (Å²) in [6.07, 6.45) is 5.18. The number of aryl methyl sites for hydroxylation is 1. The van der Waals surface area contributed by atoms with Crippen molar-refractivity contribution in [1.82, 2.24) is 10.3 Å². The molecule has 1 N–H and O–H groups in total. The predicted octanol–water partition coefficient (Wildman–Crippen LogP) is 2.40. The molecule has 0 radical (unpaired) electrons. The summed E-state index contributed by atoms with van der Waals surface area (Å²) < 4.78 is 11.2. The Bertz CT molecular complexity index is 428. The quantitative estimate of drug-likeness (QED) is 0.577. The highest BCUT2D eigenvalue weighted by atomic mass is 16.7. The Balaban J connectivity index is 1.51. The van der Waals surface area contributed by atoms with E-state index in [0.717, 1.165) is 36.2 Å². The van der Waals surface area contributed by atoms with Gasteiger partial charge in [-0.25, -0.2) is 0 Å². The van der Waals surface area contributed by atoms with Crippen molar-refractivity contribution in [3.63, 3.8) is 0 Å². The van der Waals surface area contributed by atoms with Crippen LogP contribution in [-0.4, -0.2) is 24.4 Å². The van der Waals surface area contributed by atoms with Gasteiger partial charge in [0.1, 0.15) is 5.75 Å². The fourth-order valence-electron chi connectivity index (χ4n) is 1.99. The van der Waals surface area contributed by atoms with Crippen LogP contribution >= 0.6 is 0 Å². The number of hydrogen-bond acceptors (Lipinski definition) is 4. The minimum absolute atomic E-state index is 0.331. The lowest BCUT2D eigenvalue weighted by molar-refractivity contribution is 0.00914. The molecule has 19 heavy (non-hydrogen) atoms. The van der Waals surface area contributed by atoms with Crippen LogP contribution in [0.15, 0.2) is 12.1 Å². The molecule has 0 aromatic carbocycles. The molecule has 4 heteroatoms. The molecule has 4 nitrogen and oxygen atoms in total. The van der Waals surface area contributed by atoms with E-state index in [0.29, 0.717) is 12.8 Å². The first kappa shape index (κ1) is 12.9. The third kappa shape index (κ3) is 4.18. The Hall–Kier alpha value is -1.13. The zero-order chi connectivity index (χ0) is 13.1. The zero-order valence-corrected chi connectivity index (χ0v) is 11.5. The molecule has 2 fully saturated rings. The SMILES string of the molecule is Cc1ccc(OCOCC2CC2)c(CNC2CC2)n1. The molecule has 104 valence electrons. The van der Waals surface area contributed by atoms with Crippen LogP contribution in [0.4, 0.5) is 0 Å². The van der Waals surface area contributed by atoms with Gasteiger partial charge in [0.05, 0.1) is 12.3 Å². The molecule has 0 unspecified atom stereocenters. The van der Waals surface area contributed by atoms with Crippen molar-refractivity contribution >= 4 is 0 Å². The summed E-state index contributed by atoms with van der Waals surface area (Å²) in [7, 11) is 0. The Morgan fingerprint density at radius 2 is 2.11 bits per heavy atom. The molecule has 2 saturated carbocycles. The van der Waals surface area contributed by atoms with Crippen molar-refractivity contribution in [3.05, 3.63) is 23.5 Å². The van der Waals surface area contributed by atoms with E-state index in [-0.39, 0.29) is 0 Å². The van der Waals surface area contributed by atoms with Crippen molar-refractivity contribution in [3.8, 4) is 5.75 Å². The first-order chi connectivity index (χ1) is 9.31. The van der Waals surface area contributed by atoms with E-state index >= 15 is 0 Å². The van der Waals surface area contributed by atoms with E-state index in [1.165, 1.54) is 25.7 Å². The molecule has 2 aliphatic rings. The second-order valence-electron chi connectivity index (χ2n) is 5.63. The van der Waals surface area contributed by atoms with E-state index < -0.39 is 0 Å². The molecule has 0 spiro atoms. The third-order valence-corrected chi connectivity index (χ3v) is 3.56. The highest BCUT2D eigenvalue weighted by molar-refractivity contribution is 5.29. The number of nitrogens with one attached hydrogen (secondary N) is 1. The highest BCUT2D eigenvalue weighted by Gasteiger charge is 2.22. The maximum absolute atomic E-state index is 5.70. The highest BCUT2D eigenvalue weighted by Crippen LogP contribution is 2.29. The number of rotatable bonds is 8. The molecular formula is C15H22N2O2. The van der Waals surface area contributed by atoms with Crippen LogP contribution in [0.2, 0.25) is 0 Å². The van der Waals surface area contributed by atoms with Crippen molar-refractivity contribution < 1.29 is 9.47 Å². The standard InChI is InChI=1S/C15H22N2O2/c1-11-2-7-15(19-10-18-9-12-3-4-12)14(17-11)8-16-13-5-6-13/h2,7,12-13,16H,3-6,8-10H2,1H3. The van der Waals surface area contributed by atoms with Gasteiger partial charge in [-0.1, -0.05) is 0 Å². The summed E-state index contributed by atoms with van der Waals surface area (Å²) >= 11 is 0. The van der Waals surface area contributed by atoms with Gasteiger partial charge in [-0.05, 0) is 50.7 Å². The molecule has 0 amide bonds.